The molecular weight excluding hydrogens is 250 g/mol. The Bertz CT molecular complexity index is 391. The normalized spacial score (nSPS) is 10.8. The predicted octanol–water partition coefficient (Wildman–Crippen LogP) is 3.40. The summed E-state index contributed by atoms with van der Waals surface area (Å²) >= 11 is 0. The van der Waals surface area contributed by atoms with Crippen molar-refractivity contribution in [3.63, 3.8) is 0 Å². The Morgan fingerprint density at radius 1 is 0.950 bits per heavy atom. The number of hydrogen-bond acceptors (Lipinski definition) is 3. The lowest BCUT2D eigenvalue weighted by atomic mass is 10.1. The number of unbranched alkanes of at least 4 members (excludes halogenated alkanes) is 1. The van der Waals surface area contributed by atoms with Gasteiger partial charge in [-0.3, -0.25) is 0 Å². The van der Waals surface area contributed by atoms with Crippen LogP contribution in [0.25, 0.3) is 0 Å². The third-order valence-corrected chi connectivity index (χ3v) is 3.50. The molecule has 0 atom stereocenters. The molecule has 0 aliphatic carbocycles. The van der Waals surface area contributed by atoms with Gasteiger partial charge in [0.05, 0.1) is 0 Å². The number of benzene rings is 1. The summed E-state index contributed by atoms with van der Waals surface area (Å²) in [6.07, 6.45) is 2.28. The Labute approximate surface area is 123 Å². The first kappa shape index (κ1) is 17.0. The van der Waals surface area contributed by atoms with Gasteiger partial charge in [0.2, 0.25) is 0 Å². The van der Waals surface area contributed by atoms with Crippen molar-refractivity contribution in [1.82, 2.24) is 5.32 Å². The molecule has 0 unspecified atom stereocenters. The monoisotopic (exact) mass is 279 g/mol. The van der Waals surface area contributed by atoms with E-state index in [9.17, 15) is 0 Å². The minimum absolute atomic E-state index is 0.719. The van der Waals surface area contributed by atoms with Crippen LogP contribution in [0, 0.1) is 20.8 Å². The van der Waals surface area contributed by atoms with Gasteiger partial charge in [0.1, 0.15) is 12.4 Å². The van der Waals surface area contributed by atoms with Gasteiger partial charge in [-0.15, -0.1) is 0 Å². The van der Waals surface area contributed by atoms with Gasteiger partial charge in [0, 0.05) is 19.8 Å². The first-order valence-corrected chi connectivity index (χ1v) is 7.65. The Hall–Kier alpha value is -1.06. The van der Waals surface area contributed by atoms with Crippen LogP contribution in [0.3, 0.4) is 0 Å². The van der Waals surface area contributed by atoms with Gasteiger partial charge in [-0.1, -0.05) is 12.1 Å². The molecule has 0 aliphatic heterocycles. The number of aryl methyl sites for hydroxylation is 2. The van der Waals surface area contributed by atoms with E-state index in [1.807, 2.05) is 6.92 Å². The minimum Gasteiger partial charge on any atom is -0.492 e. The zero-order valence-electron chi connectivity index (χ0n) is 13.4. The van der Waals surface area contributed by atoms with E-state index < -0.39 is 0 Å². The van der Waals surface area contributed by atoms with Crippen LogP contribution >= 0.6 is 0 Å². The Balaban J connectivity index is 2.14. The van der Waals surface area contributed by atoms with E-state index >= 15 is 0 Å². The summed E-state index contributed by atoms with van der Waals surface area (Å²) in [5.41, 5.74) is 3.75. The highest BCUT2D eigenvalue weighted by Gasteiger charge is 2.05. The summed E-state index contributed by atoms with van der Waals surface area (Å²) in [6, 6.07) is 4.27. The summed E-state index contributed by atoms with van der Waals surface area (Å²) in [6.45, 7) is 12.7. The van der Waals surface area contributed by atoms with Crippen molar-refractivity contribution in [2.45, 2.75) is 40.5 Å². The van der Waals surface area contributed by atoms with E-state index in [-0.39, 0.29) is 0 Å². The van der Waals surface area contributed by atoms with E-state index in [0.717, 1.165) is 51.5 Å². The highest BCUT2D eigenvalue weighted by atomic mass is 16.5. The first-order chi connectivity index (χ1) is 9.66. The van der Waals surface area contributed by atoms with Crippen LogP contribution in [-0.4, -0.2) is 32.9 Å². The molecule has 0 aromatic heterocycles. The topological polar surface area (TPSA) is 30.5 Å². The van der Waals surface area contributed by atoms with Gasteiger partial charge < -0.3 is 14.8 Å². The van der Waals surface area contributed by atoms with Crippen LogP contribution in [0.5, 0.6) is 5.75 Å². The van der Waals surface area contributed by atoms with Crippen LogP contribution in [0.1, 0.15) is 36.5 Å². The molecule has 1 N–H and O–H groups in total. The van der Waals surface area contributed by atoms with Crippen molar-refractivity contribution in [2.75, 3.05) is 32.9 Å². The van der Waals surface area contributed by atoms with Crippen molar-refractivity contribution in [3.8, 4) is 5.75 Å². The van der Waals surface area contributed by atoms with Gasteiger partial charge in [-0.25, -0.2) is 0 Å². The van der Waals surface area contributed by atoms with Crippen LogP contribution in [0.4, 0.5) is 0 Å². The maximum Gasteiger partial charge on any atom is 0.125 e. The lowest BCUT2D eigenvalue weighted by Crippen LogP contribution is -2.22. The highest BCUT2D eigenvalue weighted by Crippen LogP contribution is 2.25. The Morgan fingerprint density at radius 3 is 2.45 bits per heavy atom. The van der Waals surface area contributed by atoms with Gasteiger partial charge >= 0.3 is 0 Å². The fourth-order valence-corrected chi connectivity index (χ4v) is 2.10. The summed E-state index contributed by atoms with van der Waals surface area (Å²) in [7, 11) is 0. The predicted molar refractivity (Wildman–Crippen MR) is 84.7 cm³/mol. The van der Waals surface area contributed by atoms with Gasteiger partial charge in [0.25, 0.3) is 0 Å². The molecule has 1 rings (SSSR count). The molecule has 0 spiro atoms. The number of rotatable bonds is 10. The molecule has 20 heavy (non-hydrogen) atoms. The average Bonchev–Trinajstić information content (AvgIpc) is 2.44. The van der Waals surface area contributed by atoms with Crippen molar-refractivity contribution < 1.29 is 9.47 Å². The third kappa shape index (κ3) is 5.93. The van der Waals surface area contributed by atoms with Crippen molar-refractivity contribution in [1.29, 1.82) is 0 Å². The van der Waals surface area contributed by atoms with E-state index in [1.54, 1.807) is 0 Å². The fraction of sp³-hybridized carbons (Fsp3) is 0.647. The molecule has 1 aromatic carbocycles. The molecule has 114 valence electrons. The fourth-order valence-electron chi connectivity index (χ4n) is 2.10. The smallest absolute Gasteiger partial charge is 0.125 e. The van der Waals surface area contributed by atoms with E-state index in [1.165, 1.54) is 16.7 Å². The van der Waals surface area contributed by atoms with Gasteiger partial charge in [0.15, 0.2) is 0 Å². The molecule has 0 radical (unpaired) electrons. The average molecular weight is 279 g/mol. The van der Waals surface area contributed by atoms with Crippen LogP contribution in [0.15, 0.2) is 12.1 Å². The standard InChI is InChI=1S/C17H29NO2/c1-5-19-12-7-6-10-18-11-13-20-17-15(3)9-8-14(2)16(17)4/h8-9,18H,5-7,10-13H2,1-4H3. The molecule has 0 bridgehead atoms. The maximum atomic E-state index is 5.91. The van der Waals surface area contributed by atoms with Crippen LogP contribution in [-0.2, 0) is 4.74 Å². The Kier molecular flexibility index (Phi) is 8.31. The quantitative estimate of drug-likeness (QED) is 0.666. The lowest BCUT2D eigenvalue weighted by Gasteiger charge is -2.14. The van der Waals surface area contributed by atoms with Crippen LogP contribution in [0.2, 0.25) is 0 Å². The summed E-state index contributed by atoms with van der Waals surface area (Å²) in [5, 5.41) is 3.41. The molecule has 0 fully saturated rings. The molecule has 0 saturated carbocycles. The molecule has 3 heteroatoms. The van der Waals surface area contributed by atoms with Crippen molar-refractivity contribution >= 4 is 0 Å². The summed E-state index contributed by atoms with van der Waals surface area (Å²) in [5.74, 6) is 1.04. The lowest BCUT2D eigenvalue weighted by molar-refractivity contribution is 0.143. The molecule has 0 heterocycles. The van der Waals surface area contributed by atoms with E-state index in [4.69, 9.17) is 9.47 Å². The zero-order chi connectivity index (χ0) is 14.8. The molecule has 0 amide bonds. The first-order valence-electron chi connectivity index (χ1n) is 7.65. The minimum atomic E-state index is 0.719. The molecular formula is C17H29NO2. The molecule has 0 saturated heterocycles. The number of ether oxygens (including phenoxy) is 2. The van der Waals surface area contributed by atoms with Crippen molar-refractivity contribution in [3.05, 3.63) is 28.8 Å². The number of hydrogen-bond donors (Lipinski definition) is 1. The van der Waals surface area contributed by atoms with E-state index in [0.29, 0.717) is 0 Å². The summed E-state index contributed by atoms with van der Waals surface area (Å²) < 4.78 is 11.2. The molecule has 3 nitrogen and oxygen atoms in total. The summed E-state index contributed by atoms with van der Waals surface area (Å²) in [4.78, 5) is 0. The van der Waals surface area contributed by atoms with Crippen molar-refractivity contribution in [2.24, 2.45) is 0 Å². The largest absolute Gasteiger partial charge is 0.492 e. The number of nitrogens with one attached hydrogen (secondary N) is 1. The Morgan fingerprint density at radius 2 is 1.70 bits per heavy atom. The second-order valence-corrected chi connectivity index (χ2v) is 5.16. The second kappa shape index (κ2) is 9.78. The zero-order valence-corrected chi connectivity index (χ0v) is 13.4. The van der Waals surface area contributed by atoms with E-state index in [2.05, 4.69) is 38.2 Å². The molecule has 0 aliphatic rings. The second-order valence-electron chi connectivity index (χ2n) is 5.16. The molecule has 1 aromatic rings. The highest BCUT2D eigenvalue weighted by molar-refractivity contribution is 5.44. The van der Waals surface area contributed by atoms with Gasteiger partial charge in [-0.05, 0) is 63.8 Å². The van der Waals surface area contributed by atoms with Gasteiger partial charge in [-0.2, -0.15) is 0 Å². The van der Waals surface area contributed by atoms with Crippen LogP contribution < -0.4 is 10.1 Å². The third-order valence-electron chi connectivity index (χ3n) is 3.50. The maximum absolute atomic E-state index is 5.91. The SMILES string of the molecule is CCOCCCCNCCOc1c(C)ccc(C)c1C.